The molecule has 3 aromatic carbocycles. The van der Waals surface area contributed by atoms with Crippen LogP contribution in [0.4, 0.5) is 0 Å². The first kappa shape index (κ1) is 32.1. The van der Waals surface area contributed by atoms with Crippen LogP contribution < -0.4 is 4.74 Å². The number of rotatable bonds is 6. The Balaban J connectivity index is 1.57. The monoisotopic (exact) mass is 650 g/mol. The number of fused-ring (bicyclic) bond motifs is 3. The smallest absolute Gasteiger partial charge is 0.335 e. The van der Waals surface area contributed by atoms with Crippen molar-refractivity contribution in [1.29, 1.82) is 0 Å². The van der Waals surface area contributed by atoms with E-state index in [0.717, 1.165) is 12.1 Å². The van der Waals surface area contributed by atoms with Gasteiger partial charge in [-0.2, -0.15) is 0 Å². The summed E-state index contributed by atoms with van der Waals surface area (Å²) in [4.78, 5) is 51.2. The largest absolute Gasteiger partial charge is 0.507 e. The molecular formula is C33H30O14. The summed E-state index contributed by atoms with van der Waals surface area (Å²) in [6.45, 7) is 0.506. The number of carboxylic acid groups (broad SMARTS) is 2. The molecule has 1 heterocycles. The third-order valence-electron chi connectivity index (χ3n) is 9.26. The van der Waals surface area contributed by atoms with Crippen LogP contribution in [0.15, 0.2) is 42.5 Å². The van der Waals surface area contributed by atoms with Crippen molar-refractivity contribution in [3.8, 4) is 17.2 Å². The van der Waals surface area contributed by atoms with Gasteiger partial charge in [-0.25, -0.2) is 9.59 Å². The van der Waals surface area contributed by atoms with Gasteiger partial charge in [0.2, 0.25) is 12.1 Å². The average molecular weight is 651 g/mol. The fourth-order valence-corrected chi connectivity index (χ4v) is 6.88. The Bertz CT molecular complexity index is 1850. The van der Waals surface area contributed by atoms with Gasteiger partial charge in [-0.05, 0) is 66.3 Å². The molecule has 7 atom stereocenters. The zero-order valence-corrected chi connectivity index (χ0v) is 24.7. The van der Waals surface area contributed by atoms with E-state index in [4.69, 9.17) is 9.47 Å². The lowest BCUT2D eigenvalue weighted by molar-refractivity contribution is -0.313. The molecular weight excluding hydrogens is 620 g/mol. The van der Waals surface area contributed by atoms with E-state index in [1.54, 1.807) is 0 Å². The molecule has 1 fully saturated rings. The van der Waals surface area contributed by atoms with Gasteiger partial charge in [-0.15, -0.1) is 0 Å². The Kier molecular flexibility index (Phi) is 7.81. The number of phenolic OH excluding ortho intramolecular Hbond substituents is 2. The first-order valence-corrected chi connectivity index (χ1v) is 14.6. The first-order valence-electron chi connectivity index (χ1n) is 14.6. The van der Waals surface area contributed by atoms with Gasteiger partial charge >= 0.3 is 11.9 Å². The predicted molar refractivity (Wildman–Crippen MR) is 157 cm³/mol. The summed E-state index contributed by atoms with van der Waals surface area (Å²) >= 11 is 0. The lowest BCUT2D eigenvalue weighted by atomic mass is 9.65. The first-order chi connectivity index (χ1) is 22.2. The third kappa shape index (κ3) is 5.01. The molecule has 1 aliphatic heterocycles. The number of aliphatic hydroxyl groups is 4. The minimum atomic E-state index is -1.84. The Morgan fingerprint density at radius 1 is 0.872 bits per heavy atom. The molecule has 0 saturated carbocycles. The van der Waals surface area contributed by atoms with E-state index in [1.165, 1.54) is 37.3 Å². The minimum absolute atomic E-state index is 0.0721. The van der Waals surface area contributed by atoms with Gasteiger partial charge in [0, 0.05) is 12.3 Å². The fraction of sp³-hybridized carbons (Fsp3) is 0.333. The molecule has 1 saturated heterocycles. The fourth-order valence-electron chi connectivity index (χ4n) is 6.88. The molecule has 0 aromatic heterocycles. The Labute approximate surface area is 265 Å². The van der Waals surface area contributed by atoms with Crippen molar-refractivity contribution in [3.63, 3.8) is 0 Å². The molecule has 47 heavy (non-hydrogen) atoms. The van der Waals surface area contributed by atoms with E-state index < -0.39 is 83.6 Å². The van der Waals surface area contributed by atoms with Gasteiger partial charge < -0.3 is 50.3 Å². The maximum absolute atomic E-state index is 14.2. The van der Waals surface area contributed by atoms with Crippen LogP contribution in [0.25, 0.3) is 0 Å². The molecule has 0 bridgehead atoms. The number of aliphatic hydroxyl groups excluding tert-OH is 4. The molecule has 2 aliphatic carbocycles. The van der Waals surface area contributed by atoms with Gasteiger partial charge in [0.05, 0.1) is 34.4 Å². The summed E-state index contributed by atoms with van der Waals surface area (Å²) in [5.74, 6) is -7.31. The molecule has 0 radical (unpaired) electrons. The maximum Gasteiger partial charge on any atom is 0.335 e. The molecule has 6 rings (SSSR count). The molecule has 14 heteroatoms. The van der Waals surface area contributed by atoms with E-state index in [2.05, 4.69) is 0 Å². The Morgan fingerprint density at radius 3 is 2.11 bits per heavy atom. The van der Waals surface area contributed by atoms with Gasteiger partial charge in [0.1, 0.15) is 41.2 Å². The van der Waals surface area contributed by atoms with Crippen molar-refractivity contribution in [1.82, 2.24) is 0 Å². The lowest BCUT2D eigenvalue weighted by Crippen LogP contribution is -2.65. The van der Waals surface area contributed by atoms with Crippen LogP contribution in [-0.2, 0) is 4.74 Å². The topological polar surface area (TPSA) is 249 Å². The number of phenols is 2. The van der Waals surface area contributed by atoms with Gasteiger partial charge in [0.15, 0.2) is 5.78 Å². The number of aromatic carboxylic acids is 2. The zero-order valence-electron chi connectivity index (χ0n) is 24.7. The number of ether oxygens (including phenoxy) is 2. The van der Waals surface area contributed by atoms with Crippen LogP contribution in [0, 0.1) is 0 Å². The summed E-state index contributed by atoms with van der Waals surface area (Å²) < 4.78 is 11.6. The van der Waals surface area contributed by atoms with Crippen molar-refractivity contribution < 1.29 is 69.5 Å². The zero-order chi connectivity index (χ0) is 34.1. The molecule has 0 amide bonds. The number of carbonyl (C=O) groups is 4. The van der Waals surface area contributed by atoms with E-state index in [0.29, 0.717) is 0 Å². The highest BCUT2D eigenvalue weighted by Crippen LogP contribution is 2.53. The lowest BCUT2D eigenvalue weighted by Gasteiger charge is -2.46. The van der Waals surface area contributed by atoms with E-state index in [1.807, 2.05) is 0 Å². The maximum atomic E-state index is 14.2. The van der Waals surface area contributed by atoms with E-state index in [9.17, 15) is 60.0 Å². The average Bonchev–Trinajstić information content (AvgIpc) is 3.02. The highest BCUT2D eigenvalue weighted by Gasteiger charge is 2.52. The molecule has 0 spiro atoms. The van der Waals surface area contributed by atoms with Crippen molar-refractivity contribution in [2.75, 3.05) is 6.61 Å². The van der Waals surface area contributed by atoms with Crippen molar-refractivity contribution in [2.24, 2.45) is 0 Å². The SMILES string of the molecule is CC1(CO)O[C@@H](Oc2cccc3c2C(=O)c2c(O)cc(C(=O)O)cc2C3C2CCC(=O)c3c(O)cc(C(=O)O)cc32)C(O)C(O)[C@@H]1O. The normalized spacial score (nSPS) is 28.2. The minimum Gasteiger partial charge on any atom is -0.507 e. The summed E-state index contributed by atoms with van der Waals surface area (Å²) in [5.41, 5.74) is -2.56. The molecule has 5 unspecified atom stereocenters. The Morgan fingerprint density at radius 2 is 1.49 bits per heavy atom. The summed E-state index contributed by atoms with van der Waals surface area (Å²) in [7, 11) is 0. The molecule has 3 aromatic rings. The number of aromatic hydroxyl groups is 2. The van der Waals surface area contributed by atoms with Gasteiger partial charge in [-0.1, -0.05) is 12.1 Å². The number of ketones is 2. The van der Waals surface area contributed by atoms with E-state index >= 15 is 0 Å². The van der Waals surface area contributed by atoms with Crippen LogP contribution in [-0.4, -0.2) is 101 Å². The van der Waals surface area contributed by atoms with Crippen LogP contribution in [0.1, 0.15) is 95.3 Å². The van der Waals surface area contributed by atoms with Gasteiger partial charge in [-0.3, -0.25) is 9.59 Å². The van der Waals surface area contributed by atoms with Crippen LogP contribution in [0.5, 0.6) is 17.2 Å². The van der Waals surface area contributed by atoms with Crippen molar-refractivity contribution >= 4 is 23.5 Å². The number of hydrogen-bond donors (Lipinski definition) is 8. The Hall–Kier alpha value is -4.86. The quantitative estimate of drug-likeness (QED) is 0.188. The molecule has 246 valence electrons. The number of Topliss-reactive ketones (excluding diaryl/α,β-unsaturated/α-hetero) is 1. The molecule has 3 aliphatic rings. The summed E-state index contributed by atoms with van der Waals surface area (Å²) in [5, 5.41) is 82.8. The summed E-state index contributed by atoms with van der Waals surface area (Å²) in [6.07, 6.45) is -7.08. The predicted octanol–water partition coefficient (Wildman–Crippen LogP) is 1.50. The highest BCUT2D eigenvalue weighted by atomic mass is 16.7. The highest BCUT2D eigenvalue weighted by molar-refractivity contribution is 6.16. The van der Waals surface area contributed by atoms with Crippen LogP contribution >= 0.6 is 0 Å². The van der Waals surface area contributed by atoms with E-state index in [-0.39, 0.29) is 63.1 Å². The van der Waals surface area contributed by atoms with Crippen LogP contribution in [0.3, 0.4) is 0 Å². The van der Waals surface area contributed by atoms with Crippen LogP contribution in [0.2, 0.25) is 0 Å². The number of hydrogen-bond acceptors (Lipinski definition) is 12. The second-order valence-corrected chi connectivity index (χ2v) is 12.1. The molecule has 14 nitrogen and oxygen atoms in total. The number of carbonyl (C=O) groups excluding carboxylic acids is 2. The van der Waals surface area contributed by atoms with Gasteiger partial charge in [0.25, 0.3) is 0 Å². The second kappa shape index (κ2) is 11.4. The van der Waals surface area contributed by atoms with Crippen molar-refractivity contribution in [2.45, 2.75) is 61.8 Å². The number of benzene rings is 3. The van der Waals surface area contributed by atoms with Crippen molar-refractivity contribution in [3.05, 3.63) is 87.0 Å². The standard InChI is InChI=1S/C33H30O14/c1-33(11-34)29(41)27(39)28(40)32(47-33)46-21-4-2-3-15-22(17-8-13(31(44)45)10-20(37)24(17)26(38)25(15)21)14-5-6-18(35)23-16(14)7-12(30(42)43)9-19(23)36/h2-4,7-10,14,22,27-29,32,34,36-37,39-41H,5-6,11H2,1H3,(H,42,43)(H,44,45)/t14?,22?,27?,28?,29-,32+,33?/m0/s1. The second-order valence-electron chi connectivity index (χ2n) is 12.1. The summed E-state index contributed by atoms with van der Waals surface area (Å²) in [6, 6.07) is 8.66. The molecule has 8 N–H and O–H groups in total. The number of carboxylic acids is 2. The third-order valence-corrected chi connectivity index (χ3v) is 9.26.